The first-order chi connectivity index (χ1) is 6.77. The number of hydrogen-bond acceptors (Lipinski definition) is 3. The van der Waals surface area contributed by atoms with Crippen LogP contribution in [0.5, 0.6) is 0 Å². The van der Waals surface area contributed by atoms with E-state index >= 15 is 0 Å². The van der Waals surface area contributed by atoms with E-state index in [4.69, 9.17) is 14.0 Å². The molecule has 92 valence electrons. The Hall–Kier alpha value is 0.314. The van der Waals surface area contributed by atoms with Gasteiger partial charge >= 0.3 is 0 Å². The van der Waals surface area contributed by atoms with Crippen LogP contribution in [0.1, 0.15) is 6.42 Å². The second-order valence-electron chi connectivity index (χ2n) is 5.41. The van der Waals surface area contributed by atoms with Gasteiger partial charge in [-0.1, -0.05) is 0 Å². The van der Waals surface area contributed by atoms with Gasteiger partial charge in [-0.2, -0.15) is 0 Å². The van der Waals surface area contributed by atoms with Gasteiger partial charge in [0.2, 0.25) is 0 Å². The Labute approximate surface area is 96.1 Å². The average Bonchev–Trinajstić information content (AvgIpc) is 1.99. The number of ether oxygens (including phenoxy) is 1. The fourth-order valence-corrected chi connectivity index (χ4v) is 9.68. The van der Waals surface area contributed by atoms with Crippen molar-refractivity contribution in [2.24, 2.45) is 0 Å². The highest BCUT2D eigenvalue weighted by Crippen LogP contribution is 2.19. The van der Waals surface area contributed by atoms with Crippen LogP contribution >= 0.6 is 0 Å². The zero-order valence-corrected chi connectivity index (χ0v) is 12.8. The van der Waals surface area contributed by atoms with E-state index in [-0.39, 0.29) is 6.61 Å². The Balaban J connectivity index is 3.65. The third kappa shape index (κ3) is 10.6. The molecule has 0 spiro atoms. The molecule has 15 heavy (non-hydrogen) atoms. The van der Waals surface area contributed by atoms with Crippen LogP contribution in [-0.2, 0) is 8.85 Å². The molecule has 0 saturated heterocycles. The fraction of sp³-hybridized carbons (Fsp3) is 1.00. The zero-order chi connectivity index (χ0) is 11.9. The van der Waals surface area contributed by atoms with Crippen molar-refractivity contribution in [2.45, 2.75) is 45.2 Å². The summed E-state index contributed by atoms with van der Waals surface area (Å²) < 4.78 is 11.4. The van der Waals surface area contributed by atoms with Gasteiger partial charge in [-0.15, -0.1) is 0 Å². The first kappa shape index (κ1) is 15.3. The zero-order valence-electron chi connectivity index (χ0n) is 10.8. The summed E-state index contributed by atoms with van der Waals surface area (Å²) in [5, 5.41) is 8.54. The smallest absolute Gasteiger partial charge is 0.173 e. The van der Waals surface area contributed by atoms with Crippen molar-refractivity contribution < 1.29 is 14.0 Å². The average molecular weight is 250 g/mol. The van der Waals surface area contributed by atoms with Gasteiger partial charge in [-0.3, -0.25) is 0 Å². The van der Waals surface area contributed by atoms with Crippen LogP contribution in [-0.4, -0.2) is 41.6 Å². The van der Waals surface area contributed by atoms with Crippen molar-refractivity contribution in [3.8, 4) is 0 Å². The predicted molar refractivity (Wildman–Crippen MR) is 69.2 cm³/mol. The molecule has 0 aromatic carbocycles. The lowest BCUT2D eigenvalue weighted by Crippen LogP contribution is -2.42. The Morgan fingerprint density at radius 1 is 1.00 bits per heavy atom. The van der Waals surface area contributed by atoms with E-state index in [9.17, 15) is 0 Å². The van der Waals surface area contributed by atoms with E-state index in [2.05, 4.69) is 32.7 Å². The molecule has 0 rings (SSSR count). The second-order valence-corrected chi connectivity index (χ2v) is 14.5. The molecule has 0 aliphatic heterocycles. The molecule has 0 radical (unpaired) electrons. The minimum Gasteiger partial charge on any atom is -0.456 e. The Morgan fingerprint density at radius 2 is 1.60 bits per heavy atom. The van der Waals surface area contributed by atoms with Crippen molar-refractivity contribution in [1.29, 1.82) is 0 Å². The Kier molecular flexibility index (Phi) is 6.94. The lowest BCUT2D eigenvalue weighted by atomic mass is 10.5. The molecule has 0 bridgehead atoms. The summed E-state index contributed by atoms with van der Waals surface area (Å²) in [6.07, 6.45) is 1.05. The molecule has 0 amide bonds. The van der Waals surface area contributed by atoms with Crippen LogP contribution in [0.3, 0.4) is 0 Å². The van der Waals surface area contributed by atoms with Crippen LogP contribution in [0, 0.1) is 0 Å². The summed E-state index contributed by atoms with van der Waals surface area (Å²) in [4.78, 5) is 0. The number of aliphatic hydroxyl groups excluding tert-OH is 1. The molecule has 0 heterocycles. The highest BCUT2D eigenvalue weighted by molar-refractivity contribution is 6.84. The monoisotopic (exact) mass is 250 g/mol. The van der Waals surface area contributed by atoms with Gasteiger partial charge in [-0.05, 0) is 45.2 Å². The Morgan fingerprint density at radius 3 is 2.07 bits per heavy atom. The van der Waals surface area contributed by atoms with Crippen molar-refractivity contribution >= 4 is 16.6 Å². The third-order valence-corrected chi connectivity index (χ3v) is 8.10. The van der Waals surface area contributed by atoms with Crippen molar-refractivity contribution in [3.63, 3.8) is 0 Å². The topological polar surface area (TPSA) is 38.7 Å². The summed E-state index contributed by atoms with van der Waals surface area (Å²) in [6.45, 7) is 12.6. The fourth-order valence-electron chi connectivity index (χ4n) is 1.65. The highest BCUT2D eigenvalue weighted by atomic mass is 28.4. The molecular weight excluding hydrogens is 224 g/mol. The summed E-state index contributed by atoms with van der Waals surface area (Å²) in [7, 11) is -2.87. The predicted octanol–water partition coefficient (Wildman–Crippen LogP) is 2.44. The maximum atomic E-state index is 8.54. The highest BCUT2D eigenvalue weighted by Gasteiger charge is 2.28. The minimum absolute atomic E-state index is 0.117. The van der Waals surface area contributed by atoms with E-state index in [0.717, 1.165) is 19.1 Å². The third-order valence-electron chi connectivity index (χ3n) is 1.89. The minimum atomic E-state index is -1.48. The molecule has 0 unspecified atom stereocenters. The van der Waals surface area contributed by atoms with Crippen LogP contribution in [0.4, 0.5) is 0 Å². The van der Waals surface area contributed by atoms with Gasteiger partial charge in [0, 0.05) is 6.61 Å². The van der Waals surface area contributed by atoms with Gasteiger partial charge < -0.3 is 14.0 Å². The molecule has 0 atom stereocenters. The van der Waals surface area contributed by atoms with Gasteiger partial charge in [0.25, 0.3) is 0 Å². The van der Waals surface area contributed by atoms with E-state index < -0.39 is 16.6 Å². The summed E-state index contributed by atoms with van der Waals surface area (Å²) in [6, 6.07) is 1.14. The van der Waals surface area contributed by atoms with Crippen molar-refractivity contribution in [1.82, 2.24) is 0 Å². The van der Waals surface area contributed by atoms with Crippen LogP contribution in [0.25, 0.3) is 0 Å². The van der Waals surface area contributed by atoms with Gasteiger partial charge in [0.15, 0.2) is 16.6 Å². The number of aliphatic hydroxyl groups is 1. The molecule has 1 N–H and O–H groups in total. The molecule has 0 fully saturated rings. The van der Waals surface area contributed by atoms with Crippen molar-refractivity contribution in [3.05, 3.63) is 0 Å². The Bertz CT molecular complexity index is 167. The summed E-state index contributed by atoms with van der Waals surface area (Å²) in [5.74, 6) is 0. The summed E-state index contributed by atoms with van der Waals surface area (Å²) in [5.41, 5.74) is 0. The number of hydrogen-bond donors (Lipinski definition) is 1. The van der Waals surface area contributed by atoms with E-state index in [1.165, 1.54) is 0 Å². The lowest BCUT2D eigenvalue weighted by molar-refractivity contribution is 0.0924. The van der Waals surface area contributed by atoms with Crippen LogP contribution < -0.4 is 0 Å². The number of rotatable bonds is 8. The SMILES string of the molecule is C[Si](C)(C)O[Si](C)(C)CCCOCCO. The maximum Gasteiger partial charge on any atom is 0.173 e. The molecule has 0 saturated carbocycles. The van der Waals surface area contributed by atoms with Crippen LogP contribution in [0.15, 0.2) is 0 Å². The van der Waals surface area contributed by atoms with Gasteiger partial charge in [-0.25, -0.2) is 0 Å². The maximum absolute atomic E-state index is 8.54. The second kappa shape index (κ2) is 6.80. The molecule has 5 heteroatoms. The molecule has 0 aromatic rings. The normalized spacial score (nSPS) is 13.2. The molecule has 0 aliphatic carbocycles. The van der Waals surface area contributed by atoms with E-state index in [1.54, 1.807) is 0 Å². The largest absolute Gasteiger partial charge is 0.456 e. The van der Waals surface area contributed by atoms with Crippen molar-refractivity contribution in [2.75, 3.05) is 19.8 Å². The molecule has 0 aliphatic rings. The molecule has 0 aromatic heterocycles. The first-order valence-corrected chi connectivity index (χ1v) is 12.2. The first-order valence-electron chi connectivity index (χ1n) is 5.66. The molecule has 3 nitrogen and oxygen atoms in total. The lowest BCUT2D eigenvalue weighted by Gasteiger charge is -2.31. The van der Waals surface area contributed by atoms with Crippen LogP contribution in [0.2, 0.25) is 38.8 Å². The standard InChI is InChI=1S/C10H26O3Si2/c1-14(2,3)13-15(4,5)10-6-8-12-9-7-11/h11H,6-10H2,1-5H3. The molecular formula is C10H26O3Si2. The van der Waals surface area contributed by atoms with E-state index in [0.29, 0.717) is 6.61 Å². The quantitative estimate of drug-likeness (QED) is 0.531. The summed E-state index contributed by atoms with van der Waals surface area (Å²) >= 11 is 0. The van der Waals surface area contributed by atoms with Gasteiger partial charge in [0.05, 0.1) is 13.2 Å². The van der Waals surface area contributed by atoms with Gasteiger partial charge in [0.1, 0.15) is 0 Å². The van der Waals surface area contributed by atoms with E-state index in [1.807, 2.05) is 0 Å².